The van der Waals surface area contributed by atoms with E-state index < -0.39 is 30.4 Å². The molecule has 1 aliphatic rings. The summed E-state index contributed by atoms with van der Waals surface area (Å²) in [6, 6.07) is 19.8. The van der Waals surface area contributed by atoms with Crippen LogP contribution in [-0.2, 0) is 9.53 Å². The molecule has 0 saturated heterocycles. The van der Waals surface area contributed by atoms with Crippen molar-refractivity contribution in [2.24, 2.45) is 0 Å². The molecule has 0 radical (unpaired) electrons. The summed E-state index contributed by atoms with van der Waals surface area (Å²) in [7, 11) is 1.57. The first-order valence-corrected chi connectivity index (χ1v) is 10.3. The Hall–Kier alpha value is -4.72. The Bertz CT molecular complexity index is 1260. The van der Waals surface area contributed by atoms with Crippen molar-refractivity contribution in [1.82, 2.24) is 4.90 Å². The van der Waals surface area contributed by atoms with Gasteiger partial charge < -0.3 is 14.8 Å². The lowest BCUT2D eigenvalue weighted by Gasteiger charge is -2.15. The molecule has 3 aromatic rings. The van der Waals surface area contributed by atoms with Gasteiger partial charge >= 0.3 is 5.97 Å². The number of carbonyl (C=O) groups excluding carboxylic acids is 4. The van der Waals surface area contributed by atoms with Crippen LogP contribution in [0.5, 0.6) is 5.75 Å². The van der Waals surface area contributed by atoms with Crippen molar-refractivity contribution >= 4 is 35.5 Å². The highest BCUT2D eigenvalue weighted by atomic mass is 16.5. The predicted molar refractivity (Wildman–Crippen MR) is 124 cm³/mol. The molecule has 0 spiro atoms. The van der Waals surface area contributed by atoms with Crippen LogP contribution in [0.4, 0.5) is 5.69 Å². The Morgan fingerprint density at radius 3 is 2.15 bits per heavy atom. The first-order valence-electron chi connectivity index (χ1n) is 10.3. The fourth-order valence-electron chi connectivity index (χ4n) is 3.39. The molecule has 0 fully saturated rings. The highest BCUT2D eigenvalue weighted by Crippen LogP contribution is 2.23. The van der Waals surface area contributed by atoms with Crippen LogP contribution in [-0.4, -0.2) is 42.4 Å². The average molecular weight is 456 g/mol. The number of hydrogen-bond acceptors (Lipinski definition) is 6. The largest absolute Gasteiger partial charge is 0.497 e. The summed E-state index contributed by atoms with van der Waals surface area (Å²) in [6.45, 7) is -0.537. The quantitative estimate of drug-likeness (QED) is 0.330. The third-order valence-corrected chi connectivity index (χ3v) is 5.15. The highest BCUT2D eigenvalue weighted by molar-refractivity contribution is 6.21. The van der Waals surface area contributed by atoms with E-state index in [1.54, 1.807) is 79.9 Å². The second-order valence-corrected chi connectivity index (χ2v) is 7.29. The molecule has 0 unspecified atom stereocenters. The maximum atomic E-state index is 12.7. The van der Waals surface area contributed by atoms with Gasteiger partial charge in [0, 0.05) is 6.08 Å². The number of para-hydroxylation sites is 1. The van der Waals surface area contributed by atoms with Gasteiger partial charge in [0.25, 0.3) is 11.8 Å². The van der Waals surface area contributed by atoms with Gasteiger partial charge in [-0.05, 0) is 48.0 Å². The number of esters is 1. The minimum absolute atomic E-state index is 0.0882. The Balaban J connectivity index is 1.40. The molecule has 3 aromatic carbocycles. The van der Waals surface area contributed by atoms with E-state index in [0.717, 1.165) is 10.5 Å². The fourth-order valence-corrected chi connectivity index (χ4v) is 3.39. The van der Waals surface area contributed by atoms with Gasteiger partial charge in [-0.15, -0.1) is 0 Å². The lowest BCUT2D eigenvalue weighted by molar-refractivity contribution is -0.111. The number of anilines is 1. The van der Waals surface area contributed by atoms with Crippen molar-refractivity contribution in [3.05, 3.63) is 101 Å². The van der Waals surface area contributed by atoms with Crippen LogP contribution in [0, 0.1) is 0 Å². The Morgan fingerprint density at radius 1 is 0.882 bits per heavy atom. The molecule has 0 aliphatic carbocycles. The molecule has 1 N–H and O–H groups in total. The zero-order chi connectivity index (χ0) is 24.1. The van der Waals surface area contributed by atoms with Crippen LogP contribution < -0.4 is 10.1 Å². The number of rotatable bonds is 7. The Kier molecular flexibility index (Phi) is 6.49. The molecule has 0 saturated carbocycles. The molecule has 170 valence electrons. The van der Waals surface area contributed by atoms with E-state index in [0.29, 0.717) is 5.75 Å². The maximum absolute atomic E-state index is 12.7. The number of fused-ring (bicyclic) bond motifs is 1. The number of benzene rings is 3. The van der Waals surface area contributed by atoms with E-state index >= 15 is 0 Å². The van der Waals surface area contributed by atoms with Gasteiger partial charge in [0.15, 0.2) is 6.73 Å². The third-order valence-electron chi connectivity index (χ3n) is 5.15. The zero-order valence-electron chi connectivity index (χ0n) is 18.2. The summed E-state index contributed by atoms with van der Waals surface area (Å²) in [5.41, 5.74) is 1.65. The van der Waals surface area contributed by atoms with E-state index in [9.17, 15) is 19.2 Å². The SMILES string of the molecule is COc1ccc(C=CC(=O)Nc2ccccc2C(=O)OCN2C(=O)c3ccccc3C2=O)cc1. The van der Waals surface area contributed by atoms with Gasteiger partial charge in [-0.1, -0.05) is 36.4 Å². The first-order chi connectivity index (χ1) is 16.5. The number of ether oxygens (including phenoxy) is 2. The minimum Gasteiger partial charge on any atom is -0.497 e. The number of hydrogen-bond donors (Lipinski definition) is 1. The van der Waals surface area contributed by atoms with E-state index in [1.165, 1.54) is 12.1 Å². The van der Waals surface area contributed by atoms with Gasteiger partial charge in [-0.2, -0.15) is 0 Å². The summed E-state index contributed by atoms with van der Waals surface area (Å²) in [4.78, 5) is 50.8. The molecule has 0 aromatic heterocycles. The summed E-state index contributed by atoms with van der Waals surface area (Å²) in [5.74, 6) is -1.59. The van der Waals surface area contributed by atoms with Crippen molar-refractivity contribution in [1.29, 1.82) is 0 Å². The molecule has 1 heterocycles. The molecule has 1 aliphatic heterocycles. The van der Waals surface area contributed by atoms with Gasteiger partial charge in [-0.25, -0.2) is 9.69 Å². The Labute approximate surface area is 195 Å². The van der Waals surface area contributed by atoms with Gasteiger partial charge in [0.2, 0.25) is 5.91 Å². The second kappa shape index (κ2) is 9.83. The first kappa shape index (κ1) is 22.5. The summed E-state index contributed by atoms with van der Waals surface area (Å²) < 4.78 is 10.3. The van der Waals surface area contributed by atoms with Crippen molar-refractivity contribution in [3.8, 4) is 5.75 Å². The predicted octanol–water partition coefficient (Wildman–Crippen LogP) is 3.76. The molecule has 8 nitrogen and oxygen atoms in total. The molecule has 4 rings (SSSR count). The average Bonchev–Trinajstić information content (AvgIpc) is 3.11. The van der Waals surface area contributed by atoms with E-state index in [2.05, 4.69) is 5.32 Å². The van der Waals surface area contributed by atoms with Gasteiger partial charge in [-0.3, -0.25) is 14.4 Å². The zero-order valence-corrected chi connectivity index (χ0v) is 18.2. The lowest BCUT2D eigenvalue weighted by Crippen LogP contribution is -2.33. The summed E-state index contributed by atoms with van der Waals surface area (Å²) >= 11 is 0. The number of methoxy groups -OCH3 is 1. The molecular formula is C26H20N2O6. The van der Waals surface area contributed by atoms with E-state index in [4.69, 9.17) is 9.47 Å². The van der Waals surface area contributed by atoms with E-state index in [1.807, 2.05) is 0 Å². The van der Waals surface area contributed by atoms with Gasteiger partial charge in [0.05, 0.1) is 29.5 Å². The summed E-state index contributed by atoms with van der Waals surface area (Å²) in [6.07, 6.45) is 2.96. The van der Waals surface area contributed by atoms with Crippen molar-refractivity contribution in [2.75, 3.05) is 19.2 Å². The van der Waals surface area contributed by atoms with Crippen LogP contribution in [0.25, 0.3) is 6.08 Å². The van der Waals surface area contributed by atoms with Crippen LogP contribution in [0.15, 0.2) is 78.9 Å². The van der Waals surface area contributed by atoms with Crippen molar-refractivity contribution < 1.29 is 28.7 Å². The van der Waals surface area contributed by atoms with Crippen molar-refractivity contribution in [3.63, 3.8) is 0 Å². The van der Waals surface area contributed by atoms with E-state index in [-0.39, 0.29) is 22.4 Å². The topological polar surface area (TPSA) is 102 Å². The fraction of sp³-hybridized carbons (Fsp3) is 0.0769. The smallest absolute Gasteiger partial charge is 0.341 e. The number of nitrogens with one attached hydrogen (secondary N) is 1. The molecule has 34 heavy (non-hydrogen) atoms. The van der Waals surface area contributed by atoms with Crippen LogP contribution in [0.3, 0.4) is 0 Å². The highest BCUT2D eigenvalue weighted by Gasteiger charge is 2.35. The van der Waals surface area contributed by atoms with Crippen LogP contribution >= 0.6 is 0 Å². The molecule has 8 heteroatoms. The minimum atomic E-state index is -0.786. The third kappa shape index (κ3) is 4.71. The number of imide groups is 1. The number of nitrogens with zero attached hydrogens (tertiary/aromatic N) is 1. The molecule has 0 atom stereocenters. The Morgan fingerprint density at radius 2 is 1.50 bits per heavy atom. The maximum Gasteiger partial charge on any atom is 0.341 e. The molecule has 0 bridgehead atoms. The lowest BCUT2D eigenvalue weighted by atomic mass is 10.1. The normalized spacial score (nSPS) is 12.6. The summed E-state index contributed by atoms with van der Waals surface area (Å²) in [5, 5.41) is 2.65. The molecular weight excluding hydrogens is 436 g/mol. The van der Waals surface area contributed by atoms with Crippen LogP contribution in [0.2, 0.25) is 0 Å². The second-order valence-electron chi connectivity index (χ2n) is 7.29. The van der Waals surface area contributed by atoms with Crippen molar-refractivity contribution in [2.45, 2.75) is 0 Å². The number of carbonyl (C=O) groups is 4. The monoisotopic (exact) mass is 456 g/mol. The van der Waals surface area contributed by atoms with Crippen LogP contribution in [0.1, 0.15) is 36.6 Å². The number of amides is 3. The molecule has 3 amide bonds. The van der Waals surface area contributed by atoms with Gasteiger partial charge in [0.1, 0.15) is 5.75 Å². The standard InChI is InChI=1S/C26H20N2O6/c1-33-18-13-10-17(11-14-18)12-15-23(29)27-22-9-5-4-8-21(22)26(32)34-16-28-24(30)19-6-2-3-7-20(19)25(28)31/h2-15H,16H2,1H3,(H,27,29).